The minimum absolute atomic E-state index is 0.0446. The lowest BCUT2D eigenvalue weighted by molar-refractivity contribution is -0.139. The number of hydrogen-bond acceptors (Lipinski definition) is 4. The first kappa shape index (κ1) is 16.6. The van der Waals surface area contributed by atoms with E-state index < -0.39 is 5.97 Å². The predicted molar refractivity (Wildman–Crippen MR) is 96.2 cm³/mol. The van der Waals surface area contributed by atoms with E-state index in [4.69, 9.17) is 4.74 Å². The molecule has 2 aromatic heterocycles. The Labute approximate surface area is 145 Å². The van der Waals surface area contributed by atoms with E-state index in [0.717, 1.165) is 16.7 Å². The van der Waals surface area contributed by atoms with Crippen LogP contribution in [0.2, 0.25) is 0 Å². The molecule has 25 heavy (non-hydrogen) atoms. The van der Waals surface area contributed by atoms with E-state index in [1.807, 2.05) is 44.2 Å². The van der Waals surface area contributed by atoms with E-state index in [1.54, 1.807) is 18.3 Å². The highest BCUT2D eigenvalue weighted by Crippen LogP contribution is 2.09. The lowest BCUT2D eigenvalue weighted by atomic mass is 10.1. The van der Waals surface area contributed by atoms with E-state index in [-0.39, 0.29) is 12.2 Å². The molecule has 0 radical (unpaired) electrons. The van der Waals surface area contributed by atoms with Gasteiger partial charge < -0.3 is 4.74 Å². The van der Waals surface area contributed by atoms with E-state index >= 15 is 0 Å². The van der Waals surface area contributed by atoms with Crippen LogP contribution in [-0.2, 0) is 16.1 Å². The quantitative estimate of drug-likeness (QED) is 0.543. The van der Waals surface area contributed by atoms with Crippen LogP contribution in [0, 0.1) is 13.8 Å². The monoisotopic (exact) mass is 334 g/mol. The Balaban J connectivity index is 1.72. The Hall–Kier alpha value is -3.21. The van der Waals surface area contributed by atoms with Crippen molar-refractivity contribution in [3.8, 4) is 0 Å². The van der Waals surface area contributed by atoms with Crippen molar-refractivity contribution in [2.45, 2.75) is 20.5 Å². The van der Waals surface area contributed by atoms with Crippen molar-refractivity contribution in [2.24, 2.45) is 0 Å². The number of esters is 1. The molecule has 0 aliphatic carbocycles. The smallest absolute Gasteiger partial charge is 0.331 e. The van der Waals surface area contributed by atoms with E-state index in [1.165, 1.54) is 16.5 Å². The van der Waals surface area contributed by atoms with Crippen LogP contribution >= 0.6 is 0 Å². The number of carbonyl (C=O) groups excluding carboxylic acids is 1. The summed E-state index contributed by atoms with van der Waals surface area (Å²) in [5.41, 5.74) is 3.71. The van der Waals surface area contributed by atoms with Gasteiger partial charge in [0.25, 0.3) is 5.56 Å². The molecule has 126 valence electrons. The molecule has 2 heterocycles. The highest BCUT2D eigenvalue weighted by molar-refractivity contribution is 5.87. The molecule has 5 nitrogen and oxygen atoms in total. The third-order valence-electron chi connectivity index (χ3n) is 3.89. The maximum Gasteiger partial charge on any atom is 0.331 e. The maximum absolute atomic E-state index is 12.1. The standard InChI is InChI=1S/C20H18N2O3/c1-14-6-3-4-8-16(14)9-10-19(24)25-13-17-12-18(23)22-11-5-7-15(2)20(22)21-17/h3-12H,13H2,1-2H3/b10-9+. The molecule has 0 bridgehead atoms. The van der Waals surface area contributed by atoms with Gasteiger partial charge in [0.1, 0.15) is 12.3 Å². The molecule has 0 saturated carbocycles. The van der Waals surface area contributed by atoms with Gasteiger partial charge in [0.2, 0.25) is 0 Å². The van der Waals surface area contributed by atoms with Crippen LogP contribution in [0.25, 0.3) is 11.7 Å². The Morgan fingerprint density at radius 3 is 2.72 bits per heavy atom. The average molecular weight is 334 g/mol. The zero-order valence-electron chi connectivity index (χ0n) is 14.1. The van der Waals surface area contributed by atoms with Crippen molar-refractivity contribution >= 4 is 17.7 Å². The maximum atomic E-state index is 12.1. The molecule has 3 rings (SSSR count). The number of aryl methyl sites for hydroxylation is 2. The number of ether oxygens (including phenoxy) is 1. The number of aromatic nitrogens is 2. The van der Waals surface area contributed by atoms with Crippen molar-refractivity contribution in [3.63, 3.8) is 0 Å². The molecular weight excluding hydrogens is 316 g/mol. The number of rotatable bonds is 4. The Morgan fingerprint density at radius 2 is 1.92 bits per heavy atom. The van der Waals surface area contributed by atoms with E-state index in [2.05, 4.69) is 4.98 Å². The fraction of sp³-hybridized carbons (Fsp3) is 0.150. The SMILES string of the molecule is Cc1ccccc1/C=C/C(=O)OCc1cc(=O)n2cccc(C)c2n1. The summed E-state index contributed by atoms with van der Waals surface area (Å²) in [6.45, 7) is 3.80. The normalized spacial score (nSPS) is 11.1. The molecule has 0 amide bonds. The van der Waals surface area contributed by atoms with E-state index in [0.29, 0.717) is 11.3 Å². The molecule has 5 heteroatoms. The first-order valence-corrected chi connectivity index (χ1v) is 7.93. The Bertz CT molecular complexity index is 1020. The predicted octanol–water partition coefficient (Wildman–Crippen LogP) is 3.07. The van der Waals surface area contributed by atoms with Gasteiger partial charge >= 0.3 is 5.97 Å². The summed E-state index contributed by atoms with van der Waals surface area (Å²) >= 11 is 0. The van der Waals surface area contributed by atoms with Crippen LogP contribution < -0.4 is 5.56 Å². The Morgan fingerprint density at radius 1 is 1.16 bits per heavy atom. The largest absolute Gasteiger partial charge is 0.456 e. The average Bonchev–Trinajstić information content (AvgIpc) is 2.60. The lowest BCUT2D eigenvalue weighted by Crippen LogP contribution is -2.17. The molecule has 0 saturated heterocycles. The fourth-order valence-corrected chi connectivity index (χ4v) is 2.51. The van der Waals surface area contributed by atoms with Gasteiger partial charge in [-0.25, -0.2) is 9.78 Å². The number of pyridine rings is 1. The second-order valence-electron chi connectivity index (χ2n) is 5.77. The molecule has 3 aromatic rings. The first-order valence-electron chi connectivity index (χ1n) is 7.93. The fourth-order valence-electron chi connectivity index (χ4n) is 2.51. The first-order chi connectivity index (χ1) is 12.0. The van der Waals surface area contributed by atoms with Gasteiger partial charge in [0.15, 0.2) is 0 Å². The molecule has 0 aliphatic rings. The minimum atomic E-state index is -0.477. The number of carbonyl (C=O) groups is 1. The van der Waals surface area contributed by atoms with Crippen molar-refractivity contribution < 1.29 is 9.53 Å². The molecular formula is C20H18N2O3. The molecule has 0 unspecified atom stereocenters. The van der Waals surface area contributed by atoms with Gasteiger partial charge in [-0.1, -0.05) is 30.3 Å². The summed E-state index contributed by atoms with van der Waals surface area (Å²) < 4.78 is 6.67. The number of hydrogen-bond donors (Lipinski definition) is 0. The van der Waals surface area contributed by atoms with Crippen molar-refractivity contribution in [2.75, 3.05) is 0 Å². The van der Waals surface area contributed by atoms with Gasteiger partial charge in [-0.15, -0.1) is 0 Å². The van der Waals surface area contributed by atoms with Crippen molar-refractivity contribution in [1.82, 2.24) is 9.38 Å². The number of nitrogens with zero attached hydrogens (tertiary/aromatic N) is 2. The van der Waals surface area contributed by atoms with Gasteiger partial charge in [-0.3, -0.25) is 9.20 Å². The topological polar surface area (TPSA) is 60.7 Å². The van der Waals surface area contributed by atoms with Crippen LogP contribution in [0.3, 0.4) is 0 Å². The number of fused-ring (bicyclic) bond motifs is 1. The summed E-state index contributed by atoms with van der Waals surface area (Å²) in [4.78, 5) is 28.4. The zero-order valence-corrected chi connectivity index (χ0v) is 14.1. The summed E-state index contributed by atoms with van der Waals surface area (Å²) in [5, 5.41) is 0. The van der Waals surface area contributed by atoms with Crippen LogP contribution in [-0.4, -0.2) is 15.4 Å². The zero-order chi connectivity index (χ0) is 17.8. The number of benzene rings is 1. The molecule has 0 spiro atoms. The molecule has 0 aliphatic heterocycles. The second-order valence-corrected chi connectivity index (χ2v) is 5.77. The summed E-state index contributed by atoms with van der Waals surface area (Å²) in [6, 6.07) is 12.8. The third kappa shape index (κ3) is 3.83. The van der Waals surface area contributed by atoms with Gasteiger partial charge in [-0.2, -0.15) is 0 Å². The van der Waals surface area contributed by atoms with Gasteiger partial charge in [0.05, 0.1) is 5.69 Å². The van der Waals surface area contributed by atoms with Gasteiger partial charge in [-0.05, 0) is 42.7 Å². The minimum Gasteiger partial charge on any atom is -0.456 e. The van der Waals surface area contributed by atoms with Crippen molar-refractivity contribution in [3.05, 3.63) is 87.5 Å². The van der Waals surface area contributed by atoms with Crippen molar-refractivity contribution in [1.29, 1.82) is 0 Å². The highest BCUT2D eigenvalue weighted by atomic mass is 16.5. The summed E-state index contributed by atoms with van der Waals surface area (Å²) in [7, 11) is 0. The van der Waals surface area contributed by atoms with Crippen LogP contribution in [0.15, 0.2) is 59.5 Å². The summed E-state index contributed by atoms with van der Waals surface area (Å²) in [6.07, 6.45) is 4.75. The third-order valence-corrected chi connectivity index (χ3v) is 3.89. The van der Waals surface area contributed by atoms with Gasteiger partial charge in [0, 0.05) is 18.3 Å². The molecule has 1 aromatic carbocycles. The molecule has 0 N–H and O–H groups in total. The molecule has 0 fully saturated rings. The van der Waals surface area contributed by atoms with E-state index in [9.17, 15) is 9.59 Å². The molecule has 0 atom stereocenters. The summed E-state index contributed by atoms with van der Waals surface area (Å²) in [5.74, 6) is -0.477. The highest BCUT2D eigenvalue weighted by Gasteiger charge is 2.06. The van der Waals surface area contributed by atoms with Crippen LogP contribution in [0.4, 0.5) is 0 Å². The van der Waals surface area contributed by atoms with Crippen LogP contribution in [0.1, 0.15) is 22.4 Å². The Kier molecular flexibility index (Phi) is 4.75. The second kappa shape index (κ2) is 7.13. The lowest BCUT2D eigenvalue weighted by Gasteiger charge is -2.06. The van der Waals surface area contributed by atoms with Crippen LogP contribution in [0.5, 0.6) is 0 Å².